The summed E-state index contributed by atoms with van der Waals surface area (Å²) in [4.78, 5) is 4.52. The quantitative estimate of drug-likeness (QED) is 0.760. The van der Waals surface area contributed by atoms with Crippen LogP contribution in [0.3, 0.4) is 0 Å². The predicted octanol–water partition coefficient (Wildman–Crippen LogP) is 2.40. The van der Waals surface area contributed by atoms with Crippen molar-refractivity contribution < 1.29 is 20.1 Å². The van der Waals surface area contributed by atoms with Crippen LogP contribution >= 0.6 is 0 Å². The number of fused-ring (bicyclic) bond motifs is 1. The highest BCUT2D eigenvalue weighted by atomic mass is 16.5. The fourth-order valence-corrected chi connectivity index (χ4v) is 2.68. The fourth-order valence-electron chi connectivity index (χ4n) is 2.68. The van der Waals surface area contributed by atoms with Gasteiger partial charge in [0.05, 0.1) is 7.11 Å². The summed E-state index contributed by atoms with van der Waals surface area (Å²) in [5, 5.41) is 29.2. The highest BCUT2D eigenvalue weighted by molar-refractivity contribution is 6.04. The number of aromatic hydroxyl groups is 3. The molecule has 0 spiro atoms. The van der Waals surface area contributed by atoms with Crippen LogP contribution in [0.4, 0.5) is 0 Å². The maximum absolute atomic E-state index is 9.86. The van der Waals surface area contributed by atoms with Gasteiger partial charge in [-0.3, -0.25) is 4.99 Å². The minimum atomic E-state index is -0.147. The summed E-state index contributed by atoms with van der Waals surface area (Å²) < 4.78 is 5.03. The Morgan fingerprint density at radius 3 is 2.55 bits per heavy atom. The number of phenols is 3. The molecule has 114 valence electrons. The second-order valence-electron chi connectivity index (χ2n) is 5.26. The molecule has 1 aliphatic rings. The average molecular weight is 299 g/mol. The van der Waals surface area contributed by atoms with Crippen LogP contribution in [-0.2, 0) is 12.8 Å². The number of benzene rings is 2. The van der Waals surface area contributed by atoms with E-state index < -0.39 is 0 Å². The van der Waals surface area contributed by atoms with Crippen molar-refractivity contribution in [3.05, 3.63) is 47.0 Å². The Labute approximate surface area is 128 Å². The minimum absolute atomic E-state index is 0.0881. The van der Waals surface area contributed by atoms with E-state index in [0.29, 0.717) is 18.7 Å². The molecule has 0 radical (unpaired) electrons. The molecule has 0 saturated heterocycles. The zero-order valence-corrected chi connectivity index (χ0v) is 12.2. The molecule has 0 aliphatic carbocycles. The maximum atomic E-state index is 9.86. The zero-order valence-electron chi connectivity index (χ0n) is 12.2. The van der Waals surface area contributed by atoms with Crippen molar-refractivity contribution >= 4 is 5.71 Å². The first-order chi connectivity index (χ1) is 10.6. The highest BCUT2D eigenvalue weighted by Crippen LogP contribution is 2.32. The first-order valence-electron chi connectivity index (χ1n) is 7.03. The third-order valence-electron chi connectivity index (χ3n) is 3.81. The SMILES string of the molecule is COc1ccc(CC2=NCCc3cc(O)c(O)cc32)cc1O. The first kappa shape index (κ1) is 14.3. The van der Waals surface area contributed by atoms with Crippen molar-refractivity contribution in [1.82, 2.24) is 0 Å². The molecular formula is C17H17NO4. The molecule has 2 aromatic rings. The third kappa shape index (κ3) is 2.57. The standard InChI is InChI=1S/C17H17NO4/c1-22-17-3-2-10(7-16(17)21)6-13-12-9-15(20)14(19)8-11(12)4-5-18-13/h2-3,7-9,19-21H,4-6H2,1H3. The van der Waals surface area contributed by atoms with Gasteiger partial charge < -0.3 is 20.1 Å². The van der Waals surface area contributed by atoms with Gasteiger partial charge in [-0.2, -0.15) is 0 Å². The highest BCUT2D eigenvalue weighted by Gasteiger charge is 2.18. The van der Waals surface area contributed by atoms with Gasteiger partial charge in [-0.15, -0.1) is 0 Å². The molecule has 5 heteroatoms. The lowest BCUT2D eigenvalue weighted by atomic mass is 9.93. The van der Waals surface area contributed by atoms with Crippen molar-refractivity contribution in [2.24, 2.45) is 4.99 Å². The van der Waals surface area contributed by atoms with Gasteiger partial charge in [0.2, 0.25) is 0 Å². The summed E-state index contributed by atoms with van der Waals surface area (Å²) in [7, 11) is 1.51. The molecule has 0 bridgehead atoms. The van der Waals surface area contributed by atoms with Gasteiger partial charge in [0.15, 0.2) is 23.0 Å². The maximum Gasteiger partial charge on any atom is 0.160 e. The number of ether oxygens (including phenoxy) is 1. The summed E-state index contributed by atoms with van der Waals surface area (Å²) in [6.07, 6.45) is 1.27. The predicted molar refractivity (Wildman–Crippen MR) is 83.2 cm³/mol. The number of methoxy groups -OCH3 is 1. The fraction of sp³-hybridized carbons (Fsp3) is 0.235. The lowest BCUT2D eigenvalue weighted by Crippen LogP contribution is -2.15. The first-order valence-corrected chi connectivity index (χ1v) is 7.03. The van der Waals surface area contributed by atoms with E-state index in [1.165, 1.54) is 7.11 Å². The minimum Gasteiger partial charge on any atom is -0.504 e. The van der Waals surface area contributed by atoms with Gasteiger partial charge in [0.1, 0.15) is 0 Å². The van der Waals surface area contributed by atoms with Crippen molar-refractivity contribution in [3.63, 3.8) is 0 Å². The molecule has 0 amide bonds. The summed E-state index contributed by atoms with van der Waals surface area (Å²) >= 11 is 0. The van der Waals surface area contributed by atoms with E-state index >= 15 is 0 Å². The largest absolute Gasteiger partial charge is 0.504 e. The van der Waals surface area contributed by atoms with E-state index in [2.05, 4.69) is 4.99 Å². The molecule has 1 heterocycles. The van der Waals surface area contributed by atoms with Gasteiger partial charge in [0, 0.05) is 24.2 Å². The summed E-state index contributed by atoms with van der Waals surface area (Å²) in [5.74, 6) is 0.260. The zero-order chi connectivity index (χ0) is 15.7. The lowest BCUT2D eigenvalue weighted by Gasteiger charge is -2.18. The molecule has 22 heavy (non-hydrogen) atoms. The summed E-state index contributed by atoms with van der Waals surface area (Å²) in [6.45, 7) is 0.648. The van der Waals surface area contributed by atoms with E-state index in [0.717, 1.165) is 28.8 Å². The number of phenolic OH excluding ortho intramolecular Hbond substituents is 3. The number of aliphatic imine (C=N–C) groups is 1. The van der Waals surface area contributed by atoms with Crippen molar-refractivity contribution in [2.75, 3.05) is 13.7 Å². The molecule has 0 saturated carbocycles. The number of rotatable bonds is 3. The van der Waals surface area contributed by atoms with E-state index in [1.807, 2.05) is 6.07 Å². The molecule has 0 fully saturated rings. The molecule has 3 N–H and O–H groups in total. The van der Waals surface area contributed by atoms with Crippen LogP contribution in [0.25, 0.3) is 0 Å². The Morgan fingerprint density at radius 1 is 1.05 bits per heavy atom. The molecule has 2 aromatic carbocycles. The van der Waals surface area contributed by atoms with Crippen LogP contribution in [0.5, 0.6) is 23.0 Å². The number of hydrogen-bond donors (Lipinski definition) is 3. The topological polar surface area (TPSA) is 82.3 Å². The van der Waals surface area contributed by atoms with Crippen LogP contribution in [-0.4, -0.2) is 34.7 Å². The molecule has 1 aliphatic heterocycles. The Balaban J connectivity index is 1.92. The molecule has 0 atom stereocenters. The smallest absolute Gasteiger partial charge is 0.160 e. The number of nitrogens with zero attached hydrogens (tertiary/aromatic N) is 1. The van der Waals surface area contributed by atoms with Gasteiger partial charge in [-0.05, 0) is 41.8 Å². The summed E-state index contributed by atoms with van der Waals surface area (Å²) in [6, 6.07) is 8.37. The molecule has 3 rings (SSSR count). The van der Waals surface area contributed by atoms with Gasteiger partial charge in [-0.1, -0.05) is 6.07 Å². The lowest BCUT2D eigenvalue weighted by molar-refractivity contribution is 0.373. The van der Waals surface area contributed by atoms with Crippen LogP contribution in [0, 0.1) is 0 Å². The Morgan fingerprint density at radius 2 is 1.82 bits per heavy atom. The molecule has 0 unspecified atom stereocenters. The van der Waals surface area contributed by atoms with Gasteiger partial charge >= 0.3 is 0 Å². The molecular weight excluding hydrogens is 282 g/mol. The van der Waals surface area contributed by atoms with Crippen LogP contribution in [0.15, 0.2) is 35.3 Å². The van der Waals surface area contributed by atoms with Gasteiger partial charge in [0.25, 0.3) is 0 Å². The van der Waals surface area contributed by atoms with Crippen molar-refractivity contribution in [3.8, 4) is 23.0 Å². The van der Waals surface area contributed by atoms with E-state index in [1.54, 1.807) is 24.3 Å². The van der Waals surface area contributed by atoms with Crippen molar-refractivity contribution in [2.45, 2.75) is 12.8 Å². The second kappa shape index (κ2) is 5.60. The van der Waals surface area contributed by atoms with Crippen LogP contribution < -0.4 is 4.74 Å². The Bertz CT molecular complexity index is 753. The second-order valence-corrected chi connectivity index (χ2v) is 5.26. The van der Waals surface area contributed by atoms with E-state index in [9.17, 15) is 15.3 Å². The Kier molecular flexibility index (Phi) is 3.63. The van der Waals surface area contributed by atoms with Gasteiger partial charge in [-0.25, -0.2) is 0 Å². The Hall–Kier alpha value is -2.69. The van der Waals surface area contributed by atoms with Crippen LogP contribution in [0.2, 0.25) is 0 Å². The summed E-state index contributed by atoms with van der Waals surface area (Å²) in [5.41, 5.74) is 3.55. The third-order valence-corrected chi connectivity index (χ3v) is 3.81. The van der Waals surface area contributed by atoms with Crippen molar-refractivity contribution in [1.29, 1.82) is 0 Å². The molecule has 5 nitrogen and oxygen atoms in total. The molecule has 0 aromatic heterocycles. The van der Waals surface area contributed by atoms with E-state index in [4.69, 9.17) is 4.74 Å². The normalized spacial score (nSPS) is 13.4. The van der Waals surface area contributed by atoms with E-state index in [-0.39, 0.29) is 17.2 Å². The monoisotopic (exact) mass is 299 g/mol. The van der Waals surface area contributed by atoms with Crippen LogP contribution in [0.1, 0.15) is 16.7 Å². The average Bonchev–Trinajstić information content (AvgIpc) is 2.49. The number of hydrogen-bond acceptors (Lipinski definition) is 5.